The van der Waals surface area contributed by atoms with Crippen LogP contribution in [-0.4, -0.2) is 41.5 Å². The molecule has 0 radical (unpaired) electrons. The Labute approximate surface area is 117 Å². The third kappa shape index (κ3) is 2.71. The van der Waals surface area contributed by atoms with Gasteiger partial charge in [0.15, 0.2) is 4.21 Å². The molecule has 2 heterocycles. The number of aliphatic carboxylic acids is 1. The fraction of sp³-hybridized carbons (Fsp3) is 0.556. The van der Waals surface area contributed by atoms with Gasteiger partial charge in [0.05, 0.1) is 0 Å². The highest BCUT2D eigenvalue weighted by molar-refractivity contribution is 7.99. The quantitative estimate of drug-likeness (QED) is 0.717. The van der Waals surface area contributed by atoms with Gasteiger partial charge in [-0.2, -0.15) is 16.5 Å². The Morgan fingerprint density at radius 2 is 2.21 bits per heavy atom. The monoisotopic (exact) mass is 324 g/mol. The number of carboxylic acids is 1. The van der Waals surface area contributed by atoms with Crippen molar-refractivity contribution in [3.8, 4) is 0 Å². The molecule has 1 aromatic rings. The van der Waals surface area contributed by atoms with Gasteiger partial charge in [-0.25, -0.2) is 8.42 Å². The third-order valence-corrected chi connectivity index (χ3v) is 7.12. The van der Waals surface area contributed by atoms with E-state index in [-0.39, 0.29) is 22.1 Å². The SMILES string of the molecule is Cc1[nH]c(=O)sc1S(=O)(=O)NC1(C(=O)O)CCSC1. The summed E-state index contributed by atoms with van der Waals surface area (Å²) < 4.78 is 26.5. The summed E-state index contributed by atoms with van der Waals surface area (Å²) in [5, 5.41) is 9.24. The smallest absolute Gasteiger partial charge is 0.325 e. The van der Waals surface area contributed by atoms with Gasteiger partial charge in [-0.15, -0.1) is 0 Å². The van der Waals surface area contributed by atoms with E-state index >= 15 is 0 Å². The second-order valence-corrected chi connectivity index (χ2v) is 8.19. The highest BCUT2D eigenvalue weighted by Crippen LogP contribution is 2.30. The summed E-state index contributed by atoms with van der Waals surface area (Å²) in [6.07, 6.45) is 0.227. The molecule has 0 aromatic carbocycles. The van der Waals surface area contributed by atoms with Crippen LogP contribution in [0.15, 0.2) is 9.00 Å². The van der Waals surface area contributed by atoms with Crippen LogP contribution < -0.4 is 9.60 Å². The van der Waals surface area contributed by atoms with Crippen molar-refractivity contribution in [2.45, 2.75) is 23.1 Å². The van der Waals surface area contributed by atoms with Gasteiger partial charge in [-0.05, 0) is 19.1 Å². The molecule has 1 aromatic heterocycles. The van der Waals surface area contributed by atoms with Gasteiger partial charge in [0, 0.05) is 11.4 Å². The predicted molar refractivity (Wildman–Crippen MR) is 72.3 cm³/mol. The lowest BCUT2D eigenvalue weighted by Gasteiger charge is -2.23. The van der Waals surface area contributed by atoms with Crippen LogP contribution in [0.4, 0.5) is 0 Å². The molecule has 7 nitrogen and oxygen atoms in total. The van der Waals surface area contributed by atoms with Gasteiger partial charge in [0.2, 0.25) is 0 Å². The number of hydrogen-bond acceptors (Lipinski definition) is 6. The average molecular weight is 324 g/mol. The van der Waals surface area contributed by atoms with Crippen LogP contribution in [0.25, 0.3) is 0 Å². The van der Waals surface area contributed by atoms with E-state index in [2.05, 4.69) is 9.71 Å². The first-order valence-corrected chi connectivity index (χ1v) is 8.77. The van der Waals surface area contributed by atoms with Crippen molar-refractivity contribution in [2.75, 3.05) is 11.5 Å². The van der Waals surface area contributed by atoms with Crippen molar-refractivity contribution in [3.63, 3.8) is 0 Å². The Hall–Kier alpha value is -0.840. The molecule has 0 aliphatic carbocycles. The number of aromatic nitrogens is 1. The number of hydrogen-bond donors (Lipinski definition) is 3. The average Bonchev–Trinajstić information content (AvgIpc) is 2.86. The van der Waals surface area contributed by atoms with Gasteiger partial charge in [0.25, 0.3) is 10.0 Å². The van der Waals surface area contributed by atoms with Gasteiger partial charge >= 0.3 is 10.8 Å². The molecule has 1 aliphatic rings. The Balaban J connectivity index is 2.38. The molecular weight excluding hydrogens is 312 g/mol. The molecule has 1 saturated heterocycles. The maximum absolute atomic E-state index is 12.2. The zero-order valence-electron chi connectivity index (χ0n) is 9.93. The highest BCUT2D eigenvalue weighted by Gasteiger charge is 2.46. The molecule has 106 valence electrons. The molecule has 0 amide bonds. The molecule has 0 bridgehead atoms. The number of nitrogens with one attached hydrogen (secondary N) is 2. The number of thiazole rings is 1. The number of thioether (sulfide) groups is 1. The second-order valence-electron chi connectivity index (χ2n) is 4.22. The zero-order valence-corrected chi connectivity index (χ0v) is 12.4. The summed E-state index contributed by atoms with van der Waals surface area (Å²) in [4.78, 5) is 24.4. The predicted octanol–water partition coefficient (Wildman–Crippen LogP) is -0.0166. The normalized spacial score (nSPS) is 23.6. The van der Waals surface area contributed by atoms with Crippen molar-refractivity contribution in [1.82, 2.24) is 9.71 Å². The maximum atomic E-state index is 12.2. The Kier molecular flexibility index (Phi) is 3.78. The summed E-state index contributed by atoms with van der Waals surface area (Å²) >= 11 is 1.93. The number of rotatable bonds is 4. The van der Waals surface area contributed by atoms with E-state index in [1.807, 2.05) is 0 Å². The molecule has 10 heteroatoms. The number of sulfonamides is 1. The van der Waals surface area contributed by atoms with Crippen LogP contribution in [0.5, 0.6) is 0 Å². The van der Waals surface area contributed by atoms with E-state index in [9.17, 15) is 23.1 Å². The van der Waals surface area contributed by atoms with Gasteiger partial charge in [-0.3, -0.25) is 9.59 Å². The molecule has 2 rings (SSSR count). The fourth-order valence-electron chi connectivity index (χ4n) is 1.81. The minimum Gasteiger partial charge on any atom is -0.480 e. The first kappa shape index (κ1) is 14.6. The van der Waals surface area contributed by atoms with E-state index in [1.165, 1.54) is 18.7 Å². The van der Waals surface area contributed by atoms with E-state index in [4.69, 9.17) is 0 Å². The molecule has 3 N–H and O–H groups in total. The van der Waals surface area contributed by atoms with Crippen molar-refractivity contribution in [3.05, 3.63) is 15.4 Å². The highest BCUT2D eigenvalue weighted by atomic mass is 32.2. The molecule has 1 fully saturated rings. The third-order valence-electron chi connectivity index (χ3n) is 2.79. The topological polar surface area (TPSA) is 116 Å². The number of aromatic amines is 1. The number of aryl methyl sites for hydroxylation is 1. The van der Waals surface area contributed by atoms with E-state index in [0.717, 1.165) is 0 Å². The first-order chi connectivity index (χ1) is 8.77. The van der Waals surface area contributed by atoms with E-state index in [0.29, 0.717) is 17.1 Å². The van der Waals surface area contributed by atoms with Crippen molar-refractivity contribution < 1.29 is 18.3 Å². The summed E-state index contributed by atoms with van der Waals surface area (Å²) in [5.74, 6) is -0.432. The van der Waals surface area contributed by atoms with Crippen LogP contribution in [0.1, 0.15) is 12.1 Å². The van der Waals surface area contributed by atoms with Crippen molar-refractivity contribution in [1.29, 1.82) is 0 Å². The lowest BCUT2D eigenvalue weighted by Crippen LogP contribution is -2.54. The molecule has 0 saturated carbocycles. The Morgan fingerprint density at radius 1 is 1.53 bits per heavy atom. The van der Waals surface area contributed by atoms with Crippen LogP contribution in [0.3, 0.4) is 0 Å². The number of carbonyl (C=O) groups is 1. The standard InChI is InChI=1S/C9H12N2O5S3/c1-5-6(18-8(14)10-5)19(15,16)11-9(7(12)13)2-3-17-4-9/h11H,2-4H2,1H3,(H,10,14)(H,12,13). The summed E-state index contributed by atoms with van der Waals surface area (Å²) in [6, 6.07) is 0. The second kappa shape index (κ2) is 4.93. The molecule has 0 spiro atoms. The molecule has 1 atom stereocenters. The largest absolute Gasteiger partial charge is 0.480 e. The van der Waals surface area contributed by atoms with Gasteiger partial charge < -0.3 is 10.1 Å². The molecular formula is C9H12N2O5S3. The van der Waals surface area contributed by atoms with Crippen molar-refractivity contribution in [2.24, 2.45) is 0 Å². The molecule has 1 aliphatic heterocycles. The van der Waals surface area contributed by atoms with Crippen LogP contribution in [0.2, 0.25) is 0 Å². The van der Waals surface area contributed by atoms with Gasteiger partial charge in [-0.1, -0.05) is 11.3 Å². The Bertz CT molecular complexity index is 654. The minimum absolute atomic E-state index is 0.157. The molecule has 1 unspecified atom stereocenters. The lowest BCUT2D eigenvalue weighted by atomic mass is 10.0. The van der Waals surface area contributed by atoms with Crippen molar-refractivity contribution >= 4 is 39.1 Å². The summed E-state index contributed by atoms with van der Waals surface area (Å²) in [7, 11) is -4.01. The lowest BCUT2D eigenvalue weighted by molar-refractivity contribution is -0.142. The molecule has 19 heavy (non-hydrogen) atoms. The van der Waals surface area contributed by atoms with Crippen LogP contribution in [0, 0.1) is 6.92 Å². The fourth-order valence-corrected chi connectivity index (χ4v) is 5.92. The van der Waals surface area contributed by atoms with Crippen LogP contribution in [-0.2, 0) is 14.8 Å². The Morgan fingerprint density at radius 3 is 2.63 bits per heavy atom. The first-order valence-electron chi connectivity index (χ1n) is 5.32. The minimum atomic E-state index is -4.01. The van der Waals surface area contributed by atoms with Gasteiger partial charge in [0.1, 0.15) is 5.54 Å². The number of carboxylic acid groups (broad SMARTS) is 1. The summed E-state index contributed by atoms with van der Waals surface area (Å²) in [5.41, 5.74) is -1.27. The summed E-state index contributed by atoms with van der Waals surface area (Å²) in [6.45, 7) is 1.46. The van der Waals surface area contributed by atoms with Crippen LogP contribution >= 0.6 is 23.1 Å². The van der Waals surface area contributed by atoms with E-state index < -0.39 is 26.4 Å². The van der Waals surface area contributed by atoms with E-state index in [1.54, 1.807) is 0 Å². The zero-order chi connectivity index (χ0) is 14.3. The number of H-pyrrole nitrogens is 1. The maximum Gasteiger partial charge on any atom is 0.325 e.